The van der Waals surface area contributed by atoms with Gasteiger partial charge in [-0.2, -0.15) is 0 Å². The lowest BCUT2D eigenvalue weighted by Gasteiger charge is -2.42. The molecule has 1 aliphatic heterocycles. The van der Waals surface area contributed by atoms with Crippen molar-refractivity contribution in [3.63, 3.8) is 0 Å². The average molecular weight is 319 g/mol. The van der Waals surface area contributed by atoms with Crippen molar-refractivity contribution >= 4 is 17.9 Å². The van der Waals surface area contributed by atoms with Gasteiger partial charge in [0.2, 0.25) is 5.91 Å². The Morgan fingerprint density at radius 2 is 1.87 bits per heavy atom. The summed E-state index contributed by atoms with van der Waals surface area (Å²) in [6.07, 6.45) is 0. The standard InChI is InChI=1S/C16H21N3O4/c1-3-23-15(21)12-17-9-10-18(13(2)20)19(16(17)22)11-14-7-5-4-6-8-14/h4-8H,3,9-12H2,1-2H3. The maximum absolute atomic E-state index is 12.6. The number of rotatable bonds is 5. The summed E-state index contributed by atoms with van der Waals surface area (Å²) in [7, 11) is 0. The van der Waals surface area contributed by atoms with Crippen LogP contribution in [0.3, 0.4) is 0 Å². The van der Waals surface area contributed by atoms with Crippen LogP contribution in [0.15, 0.2) is 30.3 Å². The van der Waals surface area contributed by atoms with Crippen molar-refractivity contribution in [2.45, 2.75) is 20.4 Å². The molecule has 1 aliphatic rings. The maximum Gasteiger partial charge on any atom is 0.339 e. The van der Waals surface area contributed by atoms with Crippen molar-refractivity contribution in [1.29, 1.82) is 0 Å². The molecular weight excluding hydrogens is 298 g/mol. The van der Waals surface area contributed by atoms with Crippen LogP contribution in [0, 0.1) is 0 Å². The molecule has 23 heavy (non-hydrogen) atoms. The van der Waals surface area contributed by atoms with Crippen molar-refractivity contribution in [3.8, 4) is 0 Å². The first kappa shape index (κ1) is 16.8. The van der Waals surface area contributed by atoms with Gasteiger partial charge in [0, 0.05) is 13.5 Å². The van der Waals surface area contributed by atoms with Gasteiger partial charge in [0.25, 0.3) is 0 Å². The Bertz CT molecular complexity index is 576. The number of amides is 3. The minimum Gasteiger partial charge on any atom is -0.465 e. The summed E-state index contributed by atoms with van der Waals surface area (Å²) in [5.74, 6) is -0.651. The van der Waals surface area contributed by atoms with Crippen molar-refractivity contribution in [3.05, 3.63) is 35.9 Å². The minimum atomic E-state index is -0.447. The van der Waals surface area contributed by atoms with Gasteiger partial charge in [-0.25, -0.2) is 14.8 Å². The summed E-state index contributed by atoms with van der Waals surface area (Å²) < 4.78 is 4.89. The number of carbonyl (C=O) groups excluding carboxylic acids is 3. The number of nitrogens with zero attached hydrogens (tertiary/aromatic N) is 3. The van der Waals surface area contributed by atoms with E-state index in [1.54, 1.807) is 6.92 Å². The fourth-order valence-corrected chi connectivity index (χ4v) is 2.44. The molecule has 7 nitrogen and oxygen atoms in total. The monoisotopic (exact) mass is 319 g/mol. The highest BCUT2D eigenvalue weighted by molar-refractivity contribution is 5.84. The quantitative estimate of drug-likeness (QED) is 0.766. The second kappa shape index (κ2) is 7.62. The summed E-state index contributed by atoms with van der Waals surface area (Å²) in [6, 6.07) is 9.03. The Morgan fingerprint density at radius 3 is 2.48 bits per heavy atom. The van der Waals surface area contributed by atoms with Crippen LogP contribution in [0.4, 0.5) is 4.79 Å². The van der Waals surface area contributed by atoms with Gasteiger partial charge < -0.3 is 9.64 Å². The highest BCUT2D eigenvalue weighted by atomic mass is 16.5. The van der Waals surface area contributed by atoms with Crippen molar-refractivity contribution in [1.82, 2.24) is 14.9 Å². The van der Waals surface area contributed by atoms with Gasteiger partial charge in [0.1, 0.15) is 6.54 Å². The fourth-order valence-electron chi connectivity index (χ4n) is 2.44. The predicted octanol–water partition coefficient (Wildman–Crippen LogP) is 1.25. The molecule has 0 N–H and O–H groups in total. The zero-order chi connectivity index (χ0) is 16.8. The van der Waals surface area contributed by atoms with Gasteiger partial charge in [-0.05, 0) is 12.5 Å². The lowest BCUT2D eigenvalue weighted by atomic mass is 10.2. The van der Waals surface area contributed by atoms with Crippen LogP contribution in [0.1, 0.15) is 19.4 Å². The van der Waals surface area contributed by atoms with E-state index in [9.17, 15) is 14.4 Å². The Kier molecular flexibility index (Phi) is 5.56. The lowest BCUT2D eigenvalue weighted by molar-refractivity contribution is -0.150. The van der Waals surface area contributed by atoms with Crippen LogP contribution in [-0.4, -0.2) is 59.1 Å². The Morgan fingerprint density at radius 1 is 1.17 bits per heavy atom. The number of esters is 1. The topological polar surface area (TPSA) is 70.2 Å². The first-order valence-corrected chi connectivity index (χ1v) is 7.57. The fraction of sp³-hybridized carbons (Fsp3) is 0.438. The average Bonchev–Trinajstić information content (AvgIpc) is 2.52. The maximum atomic E-state index is 12.6. The van der Waals surface area contributed by atoms with E-state index in [-0.39, 0.29) is 31.6 Å². The molecular formula is C16H21N3O4. The number of hydrogen-bond acceptors (Lipinski definition) is 4. The van der Waals surface area contributed by atoms with E-state index in [2.05, 4.69) is 0 Å². The minimum absolute atomic E-state index is 0.107. The molecule has 0 spiro atoms. The van der Waals surface area contributed by atoms with E-state index in [1.807, 2.05) is 30.3 Å². The van der Waals surface area contributed by atoms with Crippen LogP contribution in [0.25, 0.3) is 0 Å². The van der Waals surface area contributed by atoms with Crippen LogP contribution >= 0.6 is 0 Å². The van der Waals surface area contributed by atoms with E-state index in [0.29, 0.717) is 13.1 Å². The van der Waals surface area contributed by atoms with Crippen LogP contribution in [0.2, 0.25) is 0 Å². The molecule has 2 rings (SSSR count). The second-order valence-corrected chi connectivity index (χ2v) is 5.19. The largest absolute Gasteiger partial charge is 0.465 e. The smallest absolute Gasteiger partial charge is 0.339 e. The highest BCUT2D eigenvalue weighted by Crippen LogP contribution is 2.16. The molecule has 0 aliphatic carbocycles. The van der Waals surface area contributed by atoms with E-state index in [4.69, 9.17) is 4.74 Å². The third-order valence-corrected chi connectivity index (χ3v) is 3.53. The van der Waals surface area contributed by atoms with Crippen LogP contribution in [0.5, 0.6) is 0 Å². The zero-order valence-electron chi connectivity index (χ0n) is 13.4. The third-order valence-electron chi connectivity index (χ3n) is 3.53. The summed E-state index contributed by atoms with van der Waals surface area (Å²) in [6.45, 7) is 4.24. The van der Waals surface area contributed by atoms with Gasteiger partial charge in [-0.3, -0.25) is 9.59 Å². The van der Waals surface area contributed by atoms with Gasteiger partial charge in [-0.15, -0.1) is 0 Å². The number of hydrogen-bond donors (Lipinski definition) is 0. The number of hydrazine groups is 1. The Hall–Kier alpha value is -2.57. The SMILES string of the molecule is CCOC(=O)CN1CCN(C(C)=O)N(Cc2ccccc2)C1=O. The van der Waals surface area contributed by atoms with Crippen molar-refractivity contribution in [2.75, 3.05) is 26.2 Å². The molecule has 0 unspecified atom stereocenters. The molecule has 7 heteroatoms. The van der Waals surface area contributed by atoms with Gasteiger partial charge in [0.15, 0.2) is 0 Å². The van der Waals surface area contributed by atoms with Crippen molar-refractivity contribution < 1.29 is 19.1 Å². The third kappa shape index (κ3) is 4.21. The lowest BCUT2D eigenvalue weighted by Crippen LogP contribution is -2.61. The van der Waals surface area contributed by atoms with E-state index >= 15 is 0 Å². The number of ether oxygens (including phenoxy) is 1. The highest BCUT2D eigenvalue weighted by Gasteiger charge is 2.34. The predicted molar refractivity (Wildman–Crippen MR) is 83.0 cm³/mol. The molecule has 1 aromatic carbocycles. The first-order chi connectivity index (χ1) is 11.0. The molecule has 1 heterocycles. The molecule has 1 fully saturated rings. The van der Waals surface area contributed by atoms with E-state index in [0.717, 1.165) is 5.56 Å². The van der Waals surface area contributed by atoms with Crippen molar-refractivity contribution in [2.24, 2.45) is 0 Å². The Balaban J connectivity index is 2.13. The number of benzene rings is 1. The summed E-state index contributed by atoms with van der Waals surface area (Å²) in [5, 5.41) is 2.79. The van der Waals surface area contributed by atoms with E-state index < -0.39 is 5.97 Å². The molecule has 0 saturated carbocycles. The molecule has 124 valence electrons. The molecule has 0 atom stereocenters. The molecule has 0 aromatic heterocycles. The zero-order valence-corrected chi connectivity index (χ0v) is 13.4. The first-order valence-electron chi connectivity index (χ1n) is 7.57. The van der Waals surface area contributed by atoms with Gasteiger partial charge in [-0.1, -0.05) is 30.3 Å². The summed E-state index contributed by atoms with van der Waals surface area (Å²) >= 11 is 0. The number of urea groups is 1. The summed E-state index contributed by atoms with van der Waals surface area (Å²) in [5.41, 5.74) is 0.907. The van der Waals surface area contributed by atoms with Gasteiger partial charge >= 0.3 is 12.0 Å². The molecule has 1 aromatic rings. The molecule has 0 radical (unpaired) electrons. The second-order valence-electron chi connectivity index (χ2n) is 5.19. The molecule has 0 bridgehead atoms. The van der Waals surface area contributed by atoms with Crippen LogP contribution < -0.4 is 0 Å². The van der Waals surface area contributed by atoms with E-state index in [1.165, 1.54) is 21.8 Å². The molecule has 1 saturated heterocycles. The molecule has 3 amide bonds. The number of carbonyl (C=O) groups is 3. The summed E-state index contributed by atoms with van der Waals surface area (Å²) in [4.78, 5) is 37.5. The van der Waals surface area contributed by atoms with Crippen LogP contribution in [-0.2, 0) is 20.9 Å². The van der Waals surface area contributed by atoms with Gasteiger partial charge in [0.05, 0.1) is 19.7 Å². The normalized spacial score (nSPS) is 14.9. The Labute approximate surface area is 135 Å².